The number of likely N-dealkylation sites (tertiary alicyclic amines) is 1. The normalized spacial score (nSPS) is 16.0. The molecule has 0 bridgehead atoms. The van der Waals surface area contributed by atoms with Crippen LogP contribution in [0.1, 0.15) is 24.4 Å². The smallest absolute Gasteiger partial charge is 0.407 e. The molecule has 0 radical (unpaired) electrons. The highest BCUT2D eigenvalue weighted by Gasteiger charge is 2.29. The van der Waals surface area contributed by atoms with Crippen molar-refractivity contribution in [2.24, 2.45) is 0 Å². The van der Waals surface area contributed by atoms with Gasteiger partial charge in [-0.2, -0.15) is 0 Å². The molecule has 1 saturated heterocycles. The van der Waals surface area contributed by atoms with E-state index >= 15 is 0 Å². The summed E-state index contributed by atoms with van der Waals surface area (Å²) in [6, 6.07) is 14.6. The SMILES string of the molecule is Nc1nccc2c1n(-c1ccc(OCc3ccccc3)nc1)c(=O)n2[C@@H]1CCCN(C(=O)O)C1. The molecule has 3 N–H and O–H groups in total. The van der Waals surface area contributed by atoms with Gasteiger partial charge in [0.05, 0.1) is 23.4 Å². The summed E-state index contributed by atoms with van der Waals surface area (Å²) in [5.41, 5.74) is 8.50. The van der Waals surface area contributed by atoms with Gasteiger partial charge in [0, 0.05) is 25.4 Å². The number of pyridine rings is 2. The Hall–Kier alpha value is -4.34. The molecule has 1 atom stereocenters. The van der Waals surface area contributed by atoms with E-state index in [1.807, 2.05) is 30.3 Å². The number of nitrogens with two attached hydrogens (primary N) is 1. The summed E-state index contributed by atoms with van der Waals surface area (Å²) < 4.78 is 8.86. The summed E-state index contributed by atoms with van der Waals surface area (Å²) in [6.07, 6.45) is 3.48. The van der Waals surface area contributed by atoms with E-state index in [1.54, 1.807) is 35.2 Å². The summed E-state index contributed by atoms with van der Waals surface area (Å²) in [5, 5.41) is 9.44. The van der Waals surface area contributed by atoms with E-state index in [-0.39, 0.29) is 24.1 Å². The lowest BCUT2D eigenvalue weighted by Gasteiger charge is -2.31. The molecule has 4 aromatic rings. The molecule has 1 fully saturated rings. The third kappa shape index (κ3) is 3.94. The van der Waals surface area contributed by atoms with Crippen molar-refractivity contribution >= 4 is 22.9 Å². The van der Waals surface area contributed by atoms with Crippen LogP contribution in [0.3, 0.4) is 0 Å². The Bertz CT molecular complexity index is 1380. The number of nitrogens with zero attached hydrogens (tertiary/aromatic N) is 5. The van der Waals surface area contributed by atoms with Crippen LogP contribution in [0, 0.1) is 0 Å². The largest absolute Gasteiger partial charge is 0.473 e. The maximum absolute atomic E-state index is 13.6. The molecule has 0 saturated carbocycles. The molecule has 3 aromatic heterocycles. The van der Waals surface area contributed by atoms with Crippen LogP contribution in [0.5, 0.6) is 5.88 Å². The Balaban J connectivity index is 1.51. The zero-order valence-corrected chi connectivity index (χ0v) is 18.4. The molecule has 10 nitrogen and oxygen atoms in total. The third-order valence-electron chi connectivity index (χ3n) is 6.05. The number of rotatable bonds is 5. The standard InChI is InChI=1S/C24H24N6O4/c25-22-21-19(10-11-26-22)29(18-7-4-12-28(14-18)24(32)33)23(31)30(21)17-8-9-20(27-13-17)34-15-16-5-2-1-3-6-16/h1-3,5-6,8-11,13,18H,4,7,12,14-15H2,(H2,25,26)(H,32,33)/t18-/m1/s1. The van der Waals surface area contributed by atoms with Crippen molar-refractivity contribution in [3.8, 4) is 11.6 Å². The van der Waals surface area contributed by atoms with E-state index in [0.29, 0.717) is 48.6 Å². The summed E-state index contributed by atoms with van der Waals surface area (Å²) in [4.78, 5) is 35.0. The number of nitrogen functional groups attached to an aromatic ring is 1. The number of amides is 1. The van der Waals surface area contributed by atoms with Gasteiger partial charge in [0.2, 0.25) is 5.88 Å². The maximum atomic E-state index is 13.6. The van der Waals surface area contributed by atoms with Crippen molar-refractivity contribution < 1.29 is 14.6 Å². The molecule has 5 rings (SSSR count). The summed E-state index contributed by atoms with van der Waals surface area (Å²) in [6.45, 7) is 1.07. The number of hydrogen-bond acceptors (Lipinski definition) is 6. The topological polar surface area (TPSA) is 128 Å². The molecule has 1 amide bonds. The second kappa shape index (κ2) is 8.89. The van der Waals surface area contributed by atoms with Crippen molar-refractivity contribution in [3.63, 3.8) is 0 Å². The minimum Gasteiger partial charge on any atom is -0.473 e. The molecular formula is C24H24N6O4. The van der Waals surface area contributed by atoms with E-state index in [2.05, 4.69) is 9.97 Å². The fourth-order valence-electron chi connectivity index (χ4n) is 4.44. The lowest BCUT2D eigenvalue weighted by Crippen LogP contribution is -2.42. The van der Waals surface area contributed by atoms with E-state index in [1.165, 1.54) is 9.47 Å². The number of carboxylic acid groups (broad SMARTS) is 1. The lowest BCUT2D eigenvalue weighted by atomic mass is 10.1. The van der Waals surface area contributed by atoms with Gasteiger partial charge in [-0.25, -0.2) is 19.6 Å². The first-order valence-corrected chi connectivity index (χ1v) is 11.0. The number of aromatic nitrogens is 4. The minimum absolute atomic E-state index is 0.212. The van der Waals surface area contributed by atoms with E-state index in [4.69, 9.17) is 10.5 Å². The summed E-state index contributed by atoms with van der Waals surface area (Å²) in [5.74, 6) is 0.642. The number of benzene rings is 1. The molecule has 34 heavy (non-hydrogen) atoms. The van der Waals surface area contributed by atoms with Gasteiger partial charge >= 0.3 is 11.8 Å². The zero-order valence-electron chi connectivity index (χ0n) is 18.4. The van der Waals surface area contributed by atoms with Crippen molar-refractivity contribution in [3.05, 3.63) is 77.0 Å². The molecule has 0 spiro atoms. The quantitative estimate of drug-likeness (QED) is 0.468. The van der Waals surface area contributed by atoms with Crippen LogP contribution in [0.25, 0.3) is 16.7 Å². The molecule has 0 aliphatic carbocycles. The first kappa shape index (κ1) is 21.5. The van der Waals surface area contributed by atoms with Gasteiger partial charge in [-0.1, -0.05) is 30.3 Å². The molecule has 10 heteroatoms. The second-order valence-electron chi connectivity index (χ2n) is 8.21. The number of hydrogen-bond donors (Lipinski definition) is 2. The van der Waals surface area contributed by atoms with E-state index in [0.717, 1.165) is 5.56 Å². The van der Waals surface area contributed by atoms with Crippen molar-refractivity contribution in [1.29, 1.82) is 0 Å². The first-order valence-electron chi connectivity index (χ1n) is 11.0. The van der Waals surface area contributed by atoms with E-state index < -0.39 is 6.09 Å². The van der Waals surface area contributed by atoms with Crippen molar-refractivity contribution in [1.82, 2.24) is 24.0 Å². The van der Waals surface area contributed by atoms with Gasteiger partial charge in [0.1, 0.15) is 17.9 Å². The predicted molar refractivity (Wildman–Crippen MR) is 126 cm³/mol. The van der Waals surface area contributed by atoms with Crippen LogP contribution < -0.4 is 16.2 Å². The highest BCUT2D eigenvalue weighted by molar-refractivity contribution is 5.87. The molecule has 4 heterocycles. The highest BCUT2D eigenvalue weighted by Crippen LogP contribution is 2.28. The summed E-state index contributed by atoms with van der Waals surface area (Å²) in [7, 11) is 0. The van der Waals surface area contributed by atoms with Crippen molar-refractivity contribution in [2.45, 2.75) is 25.5 Å². The number of anilines is 1. The Labute approximate surface area is 194 Å². The number of imidazole rings is 1. The molecule has 174 valence electrons. The van der Waals surface area contributed by atoms with E-state index in [9.17, 15) is 14.7 Å². The average Bonchev–Trinajstić information content (AvgIpc) is 3.17. The molecule has 1 aromatic carbocycles. The van der Waals surface area contributed by atoms with Gasteiger partial charge in [-0.05, 0) is 30.5 Å². The highest BCUT2D eigenvalue weighted by atomic mass is 16.5. The van der Waals surface area contributed by atoms with Gasteiger partial charge in [-0.3, -0.25) is 9.13 Å². The van der Waals surface area contributed by atoms with Crippen LogP contribution >= 0.6 is 0 Å². The van der Waals surface area contributed by atoms with Gasteiger partial charge in [0.25, 0.3) is 0 Å². The molecule has 1 aliphatic rings. The number of piperidine rings is 1. The number of carbonyl (C=O) groups is 1. The summed E-state index contributed by atoms with van der Waals surface area (Å²) >= 11 is 0. The lowest BCUT2D eigenvalue weighted by molar-refractivity contribution is 0.121. The molecular weight excluding hydrogens is 436 g/mol. The third-order valence-corrected chi connectivity index (χ3v) is 6.05. The Morgan fingerprint density at radius 1 is 1.15 bits per heavy atom. The van der Waals surface area contributed by atoms with Gasteiger partial charge < -0.3 is 20.5 Å². The number of fused-ring (bicyclic) bond motifs is 1. The van der Waals surface area contributed by atoms with Crippen LogP contribution in [-0.4, -0.2) is 48.3 Å². The molecule has 0 unspecified atom stereocenters. The minimum atomic E-state index is -0.988. The first-order chi connectivity index (χ1) is 16.5. The van der Waals surface area contributed by atoms with Gasteiger partial charge in [0.15, 0.2) is 0 Å². The maximum Gasteiger partial charge on any atom is 0.407 e. The number of ether oxygens (including phenoxy) is 1. The second-order valence-corrected chi connectivity index (χ2v) is 8.21. The van der Waals surface area contributed by atoms with Gasteiger partial charge in [-0.15, -0.1) is 0 Å². The Morgan fingerprint density at radius 2 is 1.97 bits per heavy atom. The average molecular weight is 460 g/mol. The zero-order chi connectivity index (χ0) is 23.7. The van der Waals surface area contributed by atoms with Crippen LogP contribution in [0.4, 0.5) is 10.6 Å². The van der Waals surface area contributed by atoms with Crippen LogP contribution in [-0.2, 0) is 6.61 Å². The van der Waals surface area contributed by atoms with Crippen molar-refractivity contribution in [2.75, 3.05) is 18.8 Å². The van der Waals surface area contributed by atoms with Crippen LogP contribution in [0.15, 0.2) is 65.7 Å². The fourth-order valence-corrected chi connectivity index (χ4v) is 4.44. The monoisotopic (exact) mass is 460 g/mol. The Morgan fingerprint density at radius 3 is 2.71 bits per heavy atom. The van der Waals surface area contributed by atoms with Crippen LogP contribution in [0.2, 0.25) is 0 Å². The predicted octanol–water partition coefficient (Wildman–Crippen LogP) is 3.06. The Kier molecular flexibility index (Phi) is 5.62. The fraction of sp³-hybridized carbons (Fsp3) is 0.250. The molecule has 1 aliphatic heterocycles.